The number of rotatable bonds is 2. The van der Waals surface area contributed by atoms with Crippen LogP contribution in [0.5, 0.6) is 0 Å². The third-order valence-electron chi connectivity index (χ3n) is 4.18. The van der Waals surface area contributed by atoms with E-state index in [2.05, 4.69) is 31.9 Å². The molecule has 0 saturated heterocycles. The molecule has 0 atom stereocenters. The number of nitrogen functional groups attached to an aromatic ring is 2. The first-order valence-corrected chi connectivity index (χ1v) is 9.58. The molecule has 2 aromatic rings. The zero-order valence-corrected chi connectivity index (χ0v) is 16.7. The SMILES string of the molecule is Nc1ccc(/C=C2\CCC/C(=C\c3ccc(N)cc3Br)C2=O)c(Br)c1. The number of allylic oxidation sites excluding steroid dienone is 2. The van der Waals surface area contributed by atoms with E-state index in [-0.39, 0.29) is 5.78 Å². The predicted octanol–water partition coefficient (Wildman–Crippen LogP) is 5.60. The number of Topliss-reactive ketones (excluding diaryl/α,β-unsaturated/α-hetero) is 1. The lowest BCUT2D eigenvalue weighted by Gasteiger charge is -2.17. The zero-order chi connectivity index (χ0) is 18.0. The van der Waals surface area contributed by atoms with Gasteiger partial charge in [-0.15, -0.1) is 0 Å². The monoisotopic (exact) mass is 460 g/mol. The Balaban J connectivity index is 1.93. The van der Waals surface area contributed by atoms with Crippen molar-refractivity contribution in [1.29, 1.82) is 0 Å². The van der Waals surface area contributed by atoms with E-state index >= 15 is 0 Å². The van der Waals surface area contributed by atoms with Crippen LogP contribution in [0.25, 0.3) is 12.2 Å². The first-order valence-electron chi connectivity index (χ1n) is 8.00. The Morgan fingerprint density at radius 3 is 1.64 bits per heavy atom. The predicted molar refractivity (Wildman–Crippen MR) is 112 cm³/mol. The second-order valence-corrected chi connectivity index (χ2v) is 7.79. The standard InChI is InChI=1S/C20H18Br2N2O/c21-18-10-16(23)6-4-12(18)8-14-2-1-3-15(20(14)25)9-13-5-7-17(24)11-19(13)22/h4-11H,1-3,23-24H2/b14-8+,15-9+. The highest BCUT2D eigenvalue weighted by Crippen LogP contribution is 2.31. The van der Waals surface area contributed by atoms with Gasteiger partial charge in [0.1, 0.15) is 0 Å². The molecule has 5 heteroatoms. The van der Waals surface area contributed by atoms with Gasteiger partial charge in [0.15, 0.2) is 5.78 Å². The summed E-state index contributed by atoms with van der Waals surface area (Å²) in [5.74, 6) is 0.110. The molecule has 0 heterocycles. The van der Waals surface area contributed by atoms with E-state index < -0.39 is 0 Å². The third kappa shape index (κ3) is 4.22. The largest absolute Gasteiger partial charge is 0.399 e. The van der Waals surface area contributed by atoms with Gasteiger partial charge in [0, 0.05) is 31.5 Å². The molecule has 1 aliphatic carbocycles. The molecule has 0 bridgehead atoms. The number of halogens is 2. The third-order valence-corrected chi connectivity index (χ3v) is 5.56. The van der Waals surface area contributed by atoms with E-state index in [1.54, 1.807) is 0 Å². The van der Waals surface area contributed by atoms with Crippen molar-refractivity contribution in [2.45, 2.75) is 19.3 Å². The summed E-state index contributed by atoms with van der Waals surface area (Å²) in [4.78, 5) is 12.9. The van der Waals surface area contributed by atoms with Crippen LogP contribution in [0.15, 0.2) is 56.5 Å². The summed E-state index contributed by atoms with van der Waals surface area (Å²) < 4.78 is 1.79. The fraction of sp³-hybridized carbons (Fsp3) is 0.150. The van der Waals surface area contributed by atoms with Crippen molar-refractivity contribution in [2.75, 3.05) is 11.5 Å². The Labute approximate surface area is 164 Å². The van der Waals surface area contributed by atoms with Crippen molar-refractivity contribution in [3.8, 4) is 0 Å². The van der Waals surface area contributed by atoms with Gasteiger partial charge >= 0.3 is 0 Å². The Kier molecular flexibility index (Phi) is 5.45. The average molecular weight is 462 g/mol. The number of hydrogen-bond donors (Lipinski definition) is 2. The van der Waals surface area contributed by atoms with Gasteiger partial charge in [0.2, 0.25) is 0 Å². The van der Waals surface area contributed by atoms with Crippen molar-refractivity contribution in [3.63, 3.8) is 0 Å². The lowest BCUT2D eigenvalue weighted by molar-refractivity contribution is -0.112. The summed E-state index contributed by atoms with van der Waals surface area (Å²) in [6.07, 6.45) is 6.45. The van der Waals surface area contributed by atoms with E-state index in [0.29, 0.717) is 11.4 Å². The Bertz CT molecular complexity index is 829. The van der Waals surface area contributed by atoms with Crippen molar-refractivity contribution in [1.82, 2.24) is 0 Å². The molecule has 0 radical (unpaired) electrons. The van der Waals surface area contributed by atoms with Crippen LogP contribution in [0.1, 0.15) is 30.4 Å². The molecular weight excluding hydrogens is 444 g/mol. The maximum absolute atomic E-state index is 12.9. The highest BCUT2D eigenvalue weighted by molar-refractivity contribution is 9.10. The van der Waals surface area contributed by atoms with Crippen LogP contribution in [-0.4, -0.2) is 5.78 Å². The number of anilines is 2. The van der Waals surface area contributed by atoms with E-state index in [9.17, 15) is 4.79 Å². The molecule has 0 aliphatic heterocycles. The lowest BCUT2D eigenvalue weighted by Crippen LogP contribution is -2.12. The number of ketones is 1. The number of nitrogens with two attached hydrogens (primary N) is 2. The zero-order valence-electron chi connectivity index (χ0n) is 13.6. The topological polar surface area (TPSA) is 69.1 Å². The van der Waals surface area contributed by atoms with Crippen LogP contribution in [0, 0.1) is 0 Å². The molecule has 0 aromatic heterocycles. The van der Waals surface area contributed by atoms with Crippen LogP contribution in [0.2, 0.25) is 0 Å². The molecule has 4 N–H and O–H groups in total. The Morgan fingerprint density at radius 1 is 0.800 bits per heavy atom. The van der Waals surface area contributed by atoms with Crippen molar-refractivity contribution < 1.29 is 4.79 Å². The highest BCUT2D eigenvalue weighted by atomic mass is 79.9. The minimum atomic E-state index is 0.110. The summed E-state index contributed by atoms with van der Waals surface area (Å²) in [5, 5.41) is 0. The van der Waals surface area contributed by atoms with Gasteiger partial charge in [0.25, 0.3) is 0 Å². The number of carbonyl (C=O) groups is 1. The molecule has 1 saturated carbocycles. The van der Waals surface area contributed by atoms with Gasteiger partial charge in [-0.25, -0.2) is 0 Å². The smallest absolute Gasteiger partial charge is 0.185 e. The van der Waals surface area contributed by atoms with E-state index in [0.717, 1.165) is 50.5 Å². The number of carbonyl (C=O) groups excluding carboxylic acids is 1. The molecule has 1 fully saturated rings. The molecule has 0 spiro atoms. The number of benzene rings is 2. The van der Waals surface area contributed by atoms with E-state index in [4.69, 9.17) is 11.5 Å². The van der Waals surface area contributed by atoms with Gasteiger partial charge in [-0.05, 0) is 66.8 Å². The highest BCUT2D eigenvalue weighted by Gasteiger charge is 2.21. The minimum Gasteiger partial charge on any atom is -0.399 e. The molecule has 3 nitrogen and oxygen atoms in total. The lowest BCUT2D eigenvalue weighted by atomic mass is 9.87. The maximum atomic E-state index is 12.9. The van der Waals surface area contributed by atoms with Gasteiger partial charge in [0.05, 0.1) is 0 Å². The molecule has 0 amide bonds. The van der Waals surface area contributed by atoms with Gasteiger partial charge in [-0.3, -0.25) is 4.79 Å². The summed E-state index contributed by atoms with van der Waals surface area (Å²) in [7, 11) is 0. The second kappa shape index (κ2) is 7.58. The molecule has 1 aliphatic rings. The Hall–Kier alpha value is -1.85. The van der Waals surface area contributed by atoms with Crippen LogP contribution < -0.4 is 11.5 Å². The van der Waals surface area contributed by atoms with Crippen molar-refractivity contribution >= 4 is 61.2 Å². The van der Waals surface area contributed by atoms with Crippen molar-refractivity contribution in [2.24, 2.45) is 0 Å². The van der Waals surface area contributed by atoms with E-state index in [1.165, 1.54) is 0 Å². The normalized spacial score (nSPS) is 18.1. The van der Waals surface area contributed by atoms with Crippen LogP contribution in [-0.2, 0) is 4.79 Å². The maximum Gasteiger partial charge on any atom is 0.185 e. The van der Waals surface area contributed by atoms with E-state index in [1.807, 2.05) is 48.6 Å². The Morgan fingerprint density at radius 2 is 1.24 bits per heavy atom. The van der Waals surface area contributed by atoms with Gasteiger partial charge in [-0.2, -0.15) is 0 Å². The van der Waals surface area contributed by atoms with Crippen molar-refractivity contribution in [3.05, 3.63) is 67.6 Å². The number of hydrogen-bond acceptors (Lipinski definition) is 3. The fourth-order valence-corrected chi connectivity index (χ4v) is 3.90. The quantitative estimate of drug-likeness (QED) is 0.452. The summed E-state index contributed by atoms with van der Waals surface area (Å²) >= 11 is 7.02. The molecular formula is C20H18Br2N2O. The van der Waals surface area contributed by atoms with Gasteiger partial charge < -0.3 is 11.5 Å². The summed E-state index contributed by atoms with van der Waals surface area (Å²) in [5.41, 5.74) is 16.5. The summed E-state index contributed by atoms with van der Waals surface area (Å²) in [6.45, 7) is 0. The molecule has 128 valence electrons. The minimum absolute atomic E-state index is 0.110. The first kappa shape index (κ1) is 18.0. The molecule has 25 heavy (non-hydrogen) atoms. The van der Waals surface area contributed by atoms with Crippen LogP contribution >= 0.6 is 31.9 Å². The summed E-state index contributed by atoms with van der Waals surface area (Å²) in [6, 6.07) is 11.2. The fourth-order valence-electron chi connectivity index (χ4n) is 2.87. The van der Waals surface area contributed by atoms with Gasteiger partial charge in [-0.1, -0.05) is 44.0 Å². The van der Waals surface area contributed by atoms with Crippen LogP contribution in [0.4, 0.5) is 11.4 Å². The van der Waals surface area contributed by atoms with Crippen LogP contribution in [0.3, 0.4) is 0 Å². The molecule has 0 unspecified atom stereocenters. The second-order valence-electron chi connectivity index (χ2n) is 6.08. The average Bonchev–Trinajstić information content (AvgIpc) is 2.56. The first-order chi connectivity index (χ1) is 11.9. The molecule has 2 aromatic carbocycles. The molecule has 3 rings (SSSR count).